The minimum Gasteiger partial charge on any atom is -0.311 e. The van der Waals surface area contributed by atoms with Gasteiger partial charge < -0.3 is 9.80 Å². The third-order valence-corrected chi connectivity index (χ3v) is 24.2. The number of nitrogens with zero attached hydrogens (tertiary/aromatic N) is 2. The molecule has 0 aromatic heterocycles. The van der Waals surface area contributed by atoms with E-state index in [0.717, 1.165) is 67.5 Å². The van der Waals surface area contributed by atoms with Crippen molar-refractivity contribution in [2.45, 2.75) is 138 Å². The van der Waals surface area contributed by atoms with Crippen LogP contribution in [0, 0.1) is 27.7 Å². The SMILES string of the molecule is Cc1ccc(-c2ccc(N(c3ccc(-c4ccc(C)cc4-c4ccc(C(C)(C)C)cc4)cc3)c3ccc(C(c4ccccc4)(c4ccccc4)c4ccc(N(c5ccc(-c6ccc(C)cc6-c6ccc(C(C)(C)C)cc6)cc5)c5ccc(-c6ccc(C)cc6-c6ccc(C(C)(C)C)cc6)cc5)cc4)cc3)cc2)c(-c2ccc(C(C)(C)C)cc2)c1. The van der Waals surface area contributed by atoms with Gasteiger partial charge in [0.05, 0.1) is 5.41 Å². The molecule has 2 nitrogen and oxygen atoms in total. The zero-order chi connectivity index (χ0) is 83.1. The molecule has 0 saturated heterocycles. The van der Waals surface area contributed by atoms with Crippen LogP contribution in [0.3, 0.4) is 0 Å². The lowest BCUT2D eigenvalue weighted by Crippen LogP contribution is -2.31. The fourth-order valence-electron chi connectivity index (χ4n) is 17.3. The molecule has 0 fully saturated rings. The van der Waals surface area contributed by atoms with Gasteiger partial charge in [0.2, 0.25) is 0 Å². The van der Waals surface area contributed by atoms with Gasteiger partial charge in [-0.15, -0.1) is 0 Å². The van der Waals surface area contributed by atoms with Crippen LogP contribution < -0.4 is 9.80 Å². The quantitative estimate of drug-likeness (QED) is 0.0790. The maximum atomic E-state index is 2.42. The number of hydrogen-bond donors (Lipinski definition) is 0. The van der Waals surface area contributed by atoms with E-state index in [9.17, 15) is 0 Å². The van der Waals surface area contributed by atoms with Crippen LogP contribution in [0.2, 0.25) is 0 Å². The summed E-state index contributed by atoms with van der Waals surface area (Å²) in [5.41, 5.74) is 39.8. The second-order valence-corrected chi connectivity index (χ2v) is 36.9. The lowest BCUT2D eigenvalue weighted by atomic mass is 9.65. The average molecular weight is 1540 g/mol. The number of anilines is 6. The van der Waals surface area contributed by atoms with Crippen molar-refractivity contribution in [2.24, 2.45) is 0 Å². The lowest BCUT2D eigenvalue weighted by molar-refractivity contribution is 0.590. The summed E-state index contributed by atoms with van der Waals surface area (Å²) < 4.78 is 0. The van der Waals surface area contributed by atoms with Gasteiger partial charge in [-0.2, -0.15) is 0 Å². The first kappa shape index (κ1) is 79.9. The lowest BCUT2D eigenvalue weighted by Gasteiger charge is -2.37. The number of aryl methyl sites for hydroxylation is 4. The van der Waals surface area contributed by atoms with Gasteiger partial charge in [0.15, 0.2) is 0 Å². The third-order valence-electron chi connectivity index (χ3n) is 24.2. The Hall–Kier alpha value is -12.9. The predicted octanol–water partition coefficient (Wildman–Crippen LogP) is 32.8. The standard InChI is InChI=1S/C117H110N2/c1-79-27-71-105(109(75-79)87-31-47-91(48-32-87)113(5,6)7)83-39-59-99(60-40-83)118(100-61-41-84(42-62-100)106-72-28-80(2)76-110(106)88-33-49-92(50-34-88)114(8,9)10)103-67-55-97(56-68-103)117(95-23-19-17-20-24-95,96-25-21-18-22-26-96)98-57-69-104(70-58-98)119(101-63-43-85(44-64-101)107-73-29-81(3)77-111(107)89-35-51-93(52-36-89)115(11,12)13)102-65-45-86(46-66-102)108-74-30-82(4)78-112(108)90-37-53-94(54-38-90)116(14,15)16/h17-78H,1-16H3. The molecule has 0 spiro atoms. The summed E-state index contributed by atoms with van der Waals surface area (Å²) in [6, 6.07) is 142. The Labute approximate surface area is 708 Å². The first-order valence-corrected chi connectivity index (χ1v) is 42.3. The summed E-state index contributed by atoms with van der Waals surface area (Å²) in [5.74, 6) is 0. The smallest absolute Gasteiger partial charge is 0.0701 e. The monoisotopic (exact) mass is 1540 g/mol. The van der Waals surface area contributed by atoms with Crippen LogP contribution in [0.4, 0.5) is 34.1 Å². The van der Waals surface area contributed by atoms with Crippen LogP contribution >= 0.6 is 0 Å². The van der Waals surface area contributed by atoms with Gasteiger partial charge >= 0.3 is 0 Å². The van der Waals surface area contributed by atoms with Gasteiger partial charge in [-0.25, -0.2) is 0 Å². The average Bonchev–Trinajstić information content (AvgIpc) is 0.728. The van der Waals surface area contributed by atoms with E-state index in [-0.39, 0.29) is 21.7 Å². The molecule has 16 aromatic rings. The van der Waals surface area contributed by atoms with Crippen molar-refractivity contribution in [2.75, 3.05) is 9.80 Å². The van der Waals surface area contributed by atoms with Gasteiger partial charge in [0.25, 0.3) is 0 Å². The maximum absolute atomic E-state index is 2.42. The van der Waals surface area contributed by atoms with Crippen LogP contribution in [-0.2, 0) is 27.1 Å². The van der Waals surface area contributed by atoms with Crippen molar-refractivity contribution >= 4 is 34.1 Å². The van der Waals surface area contributed by atoms with Crippen molar-refractivity contribution in [1.29, 1.82) is 0 Å². The highest BCUT2D eigenvalue weighted by Crippen LogP contribution is 2.50. The van der Waals surface area contributed by atoms with E-state index >= 15 is 0 Å². The van der Waals surface area contributed by atoms with Crippen molar-refractivity contribution in [1.82, 2.24) is 0 Å². The van der Waals surface area contributed by atoms with Crippen LogP contribution in [0.15, 0.2) is 376 Å². The van der Waals surface area contributed by atoms with Crippen molar-refractivity contribution in [3.8, 4) is 89.0 Å². The molecule has 16 rings (SSSR count). The molecule has 119 heavy (non-hydrogen) atoms. The van der Waals surface area contributed by atoms with E-state index in [4.69, 9.17) is 0 Å². The minimum atomic E-state index is -0.767. The second kappa shape index (κ2) is 32.5. The first-order chi connectivity index (χ1) is 57.1. The Morgan fingerprint density at radius 3 is 0.504 bits per heavy atom. The molecule has 0 heterocycles. The molecule has 0 N–H and O–H groups in total. The van der Waals surface area contributed by atoms with Gasteiger partial charge in [0, 0.05) is 34.1 Å². The summed E-state index contributed by atoms with van der Waals surface area (Å²) in [6.07, 6.45) is 0. The molecule has 0 atom stereocenters. The maximum Gasteiger partial charge on any atom is 0.0701 e. The Balaban J connectivity index is 0.811. The summed E-state index contributed by atoms with van der Waals surface area (Å²) >= 11 is 0. The van der Waals surface area contributed by atoms with Crippen molar-refractivity contribution in [3.05, 3.63) is 443 Å². The Bertz CT molecular complexity index is 5530. The molecule has 0 unspecified atom stereocenters. The fraction of sp³-hybridized carbons (Fsp3) is 0.179. The summed E-state index contributed by atoms with van der Waals surface area (Å²) in [4.78, 5) is 4.84. The Morgan fingerprint density at radius 1 is 0.151 bits per heavy atom. The molecule has 0 aliphatic heterocycles. The first-order valence-electron chi connectivity index (χ1n) is 42.3. The summed E-state index contributed by atoms with van der Waals surface area (Å²) in [6.45, 7) is 36.1. The van der Waals surface area contributed by atoms with Crippen LogP contribution in [0.1, 0.15) is 150 Å². The topological polar surface area (TPSA) is 6.48 Å². The molecule has 0 saturated carbocycles. The Morgan fingerprint density at radius 2 is 0.311 bits per heavy atom. The minimum absolute atomic E-state index is 0.0550. The van der Waals surface area contributed by atoms with E-state index < -0.39 is 5.41 Å². The molecular weight excluding hydrogens is 1430 g/mol. The van der Waals surface area contributed by atoms with Crippen LogP contribution in [0.25, 0.3) is 89.0 Å². The van der Waals surface area contributed by atoms with Gasteiger partial charge in [-0.05, 0) is 256 Å². The van der Waals surface area contributed by atoms with Crippen LogP contribution in [-0.4, -0.2) is 0 Å². The third kappa shape index (κ3) is 16.6. The zero-order valence-corrected chi connectivity index (χ0v) is 72.2. The molecule has 2 heteroatoms. The van der Waals surface area contributed by atoms with E-state index in [1.54, 1.807) is 0 Å². The van der Waals surface area contributed by atoms with E-state index in [1.165, 1.54) is 122 Å². The molecule has 0 radical (unpaired) electrons. The van der Waals surface area contributed by atoms with Gasteiger partial charge in [-0.1, -0.05) is 409 Å². The number of hydrogen-bond acceptors (Lipinski definition) is 2. The largest absolute Gasteiger partial charge is 0.311 e. The second-order valence-electron chi connectivity index (χ2n) is 36.9. The van der Waals surface area contributed by atoms with Crippen LogP contribution in [0.5, 0.6) is 0 Å². The molecule has 0 aliphatic rings. The normalized spacial score (nSPS) is 12.0. The molecule has 16 aromatic carbocycles. The van der Waals surface area contributed by atoms with Gasteiger partial charge in [0.1, 0.15) is 0 Å². The summed E-state index contributed by atoms with van der Waals surface area (Å²) in [5, 5.41) is 0. The van der Waals surface area contributed by atoms with E-state index in [2.05, 4.69) is 497 Å². The molecular formula is C117H110N2. The predicted molar refractivity (Wildman–Crippen MR) is 511 cm³/mol. The van der Waals surface area contributed by atoms with E-state index in [0.29, 0.717) is 0 Å². The van der Waals surface area contributed by atoms with Crippen molar-refractivity contribution < 1.29 is 0 Å². The van der Waals surface area contributed by atoms with Crippen molar-refractivity contribution in [3.63, 3.8) is 0 Å². The zero-order valence-electron chi connectivity index (χ0n) is 72.2. The number of rotatable bonds is 18. The molecule has 0 aliphatic carbocycles. The highest BCUT2D eigenvalue weighted by Gasteiger charge is 2.39. The molecule has 0 amide bonds. The fourth-order valence-corrected chi connectivity index (χ4v) is 17.3. The van der Waals surface area contributed by atoms with Gasteiger partial charge in [-0.3, -0.25) is 0 Å². The molecule has 0 bridgehead atoms. The Kier molecular flexibility index (Phi) is 21.9. The number of benzene rings is 16. The van der Waals surface area contributed by atoms with E-state index in [1.807, 2.05) is 0 Å². The highest BCUT2D eigenvalue weighted by molar-refractivity contribution is 5.91. The highest BCUT2D eigenvalue weighted by atomic mass is 15.1. The summed E-state index contributed by atoms with van der Waals surface area (Å²) in [7, 11) is 0. The molecule has 588 valence electrons.